The molecule has 164 valence electrons. The molecule has 2 amide bonds. The van der Waals surface area contributed by atoms with Gasteiger partial charge in [-0.25, -0.2) is 4.79 Å². The summed E-state index contributed by atoms with van der Waals surface area (Å²) >= 11 is 0. The largest absolute Gasteiger partial charge is 0.486 e. The highest BCUT2D eigenvalue weighted by molar-refractivity contribution is 5.96. The molecule has 4 rings (SSSR count). The summed E-state index contributed by atoms with van der Waals surface area (Å²) in [6.07, 6.45) is -0.405. The Hall–Kier alpha value is -3.22. The quantitative estimate of drug-likeness (QED) is 0.805. The van der Waals surface area contributed by atoms with Gasteiger partial charge in [0, 0.05) is 19.0 Å². The summed E-state index contributed by atoms with van der Waals surface area (Å²) in [5.41, 5.74) is 0.994. The van der Waals surface area contributed by atoms with E-state index in [1.54, 1.807) is 11.0 Å². The predicted octanol–water partition coefficient (Wildman–Crippen LogP) is 4.05. The summed E-state index contributed by atoms with van der Waals surface area (Å²) in [6, 6.07) is 15.2. The van der Waals surface area contributed by atoms with Gasteiger partial charge < -0.3 is 24.4 Å². The number of hydrogen-bond acceptors (Lipinski definition) is 5. The summed E-state index contributed by atoms with van der Waals surface area (Å²) in [5.74, 6) is 0.439. The van der Waals surface area contributed by atoms with Crippen molar-refractivity contribution in [3.63, 3.8) is 0 Å². The Morgan fingerprint density at radius 3 is 2.48 bits per heavy atom. The van der Waals surface area contributed by atoms with Crippen LogP contribution in [0.1, 0.15) is 32.3 Å². The zero-order valence-electron chi connectivity index (χ0n) is 18.1. The minimum absolute atomic E-state index is 0.134. The molecule has 31 heavy (non-hydrogen) atoms. The number of nitrogens with zero attached hydrogens (tertiary/aromatic N) is 1. The zero-order chi connectivity index (χ0) is 22.0. The highest BCUT2D eigenvalue weighted by atomic mass is 16.6. The van der Waals surface area contributed by atoms with Crippen molar-refractivity contribution in [1.29, 1.82) is 0 Å². The van der Waals surface area contributed by atoms with Crippen LogP contribution >= 0.6 is 0 Å². The number of anilines is 1. The van der Waals surface area contributed by atoms with Crippen LogP contribution in [0.15, 0.2) is 48.5 Å². The third kappa shape index (κ3) is 4.76. The first-order valence-corrected chi connectivity index (χ1v) is 10.5. The van der Waals surface area contributed by atoms with Crippen LogP contribution in [0.3, 0.4) is 0 Å². The van der Waals surface area contributed by atoms with Gasteiger partial charge in [-0.1, -0.05) is 36.4 Å². The average molecular weight is 424 g/mol. The summed E-state index contributed by atoms with van der Waals surface area (Å²) < 4.78 is 16.9. The zero-order valence-corrected chi connectivity index (χ0v) is 18.1. The molecule has 2 aliphatic rings. The van der Waals surface area contributed by atoms with E-state index in [1.807, 2.05) is 63.2 Å². The first kappa shape index (κ1) is 21.0. The van der Waals surface area contributed by atoms with E-state index in [-0.39, 0.29) is 18.4 Å². The number of likely N-dealkylation sites (tertiary alicyclic amines) is 1. The number of carbonyl (C=O) groups excluding carboxylic acids is 2. The van der Waals surface area contributed by atoms with Gasteiger partial charge in [-0.15, -0.1) is 0 Å². The molecule has 7 nitrogen and oxygen atoms in total. The number of carbonyl (C=O) groups is 2. The first-order chi connectivity index (χ1) is 14.8. The van der Waals surface area contributed by atoms with E-state index in [9.17, 15) is 9.59 Å². The first-order valence-electron chi connectivity index (χ1n) is 10.5. The molecular formula is C24H28N2O5. The van der Waals surface area contributed by atoms with Crippen molar-refractivity contribution in [2.45, 2.75) is 32.3 Å². The van der Waals surface area contributed by atoms with E-state index < -0.39 is 17.6 Å². The van der Waals surface area contributed by atoms with Gasteiger partial charge in [0.1, 0.15) is 18.8 Å². The molecule has 0 radical (unpaired) electrons. The fraction of sp³-hybridized carbons (Fsp3) is 0.417. The van der Waals surface area contributed by atoms with Crippen molar-refractivity contribution in [3.8, 4) is 11.5 Å². The Labute approximate surface area is 182 Å². The molecule has 2 aromatic rings. The number of hydrogen-bond donors (Lipinski definition) is 1. The lowest BCUT2D eigenvalue weighted by Crippen LogP contribution is -2.36. The third-order valence-electron chi connectivity index (χ3n) is 5.36. The number of para-hydroxylation sites is 1. The van der Waals surface area contributed by atoms with Gasteiger partial charge in [-0.2, -0.15) is 0 Å². The molecule has 2 heterocycles. The molecule has 0 unspecified atom stereocenters. The molecule has 2 aromatic carbocycles. The van der Waals surface area contributed by atoms with Crippen LogP contribution in [-0.4, -0.2) is 48.8 Å². The maximum absolute atomic E-state index is 13.4. The van der Waals surface area contributed by atoms with Crippen LogP contribution in [0.25, 0.3) is 0 Å². The van der Waals surface area contributed by atoms with Crippen LogP contribution in [0, 0.1) is 5.92 Å². The van der Waals surface area contributed by atoms with Gasteiger partial charge in [-0.05, 0) is 38.5 Å². The number of amides is 2. The number of rotatable bonds is 3. The van der Waals surface area contributed by atoms with Crippen molar-refractivity contribution < 1.29 is 23.8 Å². The molecule has 1 saturated heterocycles. The molecule has 0 aliphatic carbocycles. The van der Waals surface area contributed by atoms with E-state index in [1.165, 1.54) is 0 Å². The predicted molar refractivity (Wildman–Crippen MR) is 117 cm³/mol. The SMILES string of the molecule is CC(C)(C)OC(=O)N1C[C@@H](C(=O)Nc2cccc3c2OCCO3)[C@H](c2ccccc2)C1. The van der Waals surface area contributed by atoms with Crippen molar-refractivity contribution in [2.24, 2.45) is 5.92 Å². The van der Waals surface area contributed by atoms with Crippen molar-refractivity contribution >= 4 is 17.7 Å². The smallest absolute Gasteiger partial charge is 0.410 e. The third-order valence-corrected chi connectivity index (χ3v) is 5.36. The van der Waals surface area contributed by atoms with Crippen LogP contribution < -0.4 is 14.8 Å². The number of ether oxygens (including phenoxy) is 3. The topological polar surface area (TPSA) is 77.1 Å². The van der Waals surface area contributed by atoms with Crippen molar-refractivity contribution in [2.75, 3.05) is 31.6 Å². The Morgan fingerprint density at radius 1 is 1.00 bits per heavy atom. The molecule has 1 fully saturated rings. The second kappa shape index (κ2) is 8.49. The lowest BCUT2D eigenvalue weighted by atomic mass is 9.88. The Balaban J connectivity index is 1.57. The van der Waals surface area contributed by atoms with Crippen LogP contribution in [-0.2, 0) is 9.53 Å². The minimum Gasteiger partial charge on any atom is -0.486 e. The number of nitrogens with one attached hydrogen (secondary N) is 1. The van der Waals surface area contributed by atoms with E-state index >= 15 is 0 Å². The summed E-state index contributed by atoms with van der Waals surface area (Å²) in [5, 5.41) is 3.00. The summed E-state index contributed by atoms with van der Waals surface area (Å²) in [7, 11) is 0. The number of benzene rings is 2. The molecule has 0 spiro atoms. The second-order valence-electron chi connectivity index (χ2n) is 8.83. The molecular weight excluding hydrogens is 396 g/mol. The molecule has 7 heteroatoms. The minimum atomic E-state index is -0.597. The van der Waals surface area contributed by atoms with Gasteiger partial charge in [0.15, 0.2) is 11.5 Å². The standard InChI is InChI=1S/C24H28N2O5/c1-24(2,3)31-23(28)26-14-17(16-8-5-4-6-9-16)18(15-26)22(27)25-19-10-7-11-20-21(19)30-13-12-29-20/h4-11,17-18H,12-15H2,1-3H3,(H,25,27)/t17-,18+/m0/s1. The van der Waals surface area contributed by atoms with E-state index in [4.69, 9.17) is 14.2 Å². The number of fused-ring (bicyclic) bond motifs is 1. The van der Waals surface area contributed by atoms with Gasteiger partial charge in [0.05, 0.1) is 11.6 Å². The van der Waals surface area contributed by atoms with Crippen LogP contribution in [0.5, 0.6) is 11.5 Å². The lowest BCUT2D eigenvalue weighted by Gasteiger charge is -2.24. The lowest BCUT2D eigenvalue weighted by molar-refractivity contribution is -0.119. The Kier molecular flexibility index (Phi) is 5.76. The summed E-state index contributed by atoms with van der Waals surface area (Å²) in [4.78, 5) is 27.7. The fourth-order valence-electron chi connectivity index (χ4n) is 3.98. The highest BCUT2D eigenvalue weighted by Gasteiger charge is 2.42. The second-order valence-corrected chi connectivity index (χ2v) is 8.83. The van der Waals surface area contributed by atoms with Crippen molar-refractivity contribution in [1.82, 2.24) is 4.90 Å². The molecule has 2 aliphatic heterocycles. The van der Waals surface area contributed by atoms with Gasteiger partial charge in [-0.3, -0.25) is 4.79 Å². The normalized spacial score (nSPS) is 20.3. The average Bonchev–Trinajstić information content (AvgIpc) is 3.19. The van der Waals surface area contributed by atoms with Gasteiger partial charge >= 0.3 is 6.09 Å². The Bertz CT molecular complexity index is 954. The maximum atomic E-state index is 13.4. The Morgan fingerprint density at radius 2 is 1.74 bits per heavy atom. The molecule has 0 aromatic heterocycles. The summed E-state index contributed by atoms with van der Waals surface area (Å²) in [6.45, 7) is 7.12. The van der Waals surface area contributed by atoms with Gasteiger partial charge in [0.2, 0.25) is 5.91 Å². The maximum Gasteiger partial charge on any atom is 0.410 e. The molecule has 0 saturated carbocycles. The van der Waals surface area contributed by atoms with E-state index in [0.29, 0.717) is 36.9 Å². The molecule has 0 bridgehead atoms. The fourth-order valence-corrected chi connectivity index (χ4v) is 3.98. The molecule has 2 atom stereocenters. The molecule has 1 N–H and O–H groups in total. The van der Waals surface area contributed by atoms with E-state index in [0.717, 1.165) is 5.56 Å². The monoisotopic (exact) mass is 424 g/mol. The van der Waals surface area contributed by atoms with Crippen LogP contribution in [0.4, 0.5) is 10.5 Å². The van der Waals surface area contributed by atoms with Crippen molar-refractivity contribution in [3.05, 3.63) is 54.1 Å². The van der Waals surface area contributed by atoms with E-state index in [2.05, 4.69) is 5.32 Å². The highest BCUT2D eigenvalue weighted by Crippen LogP contribution is 2.39. The van der Waals surface area contributed by atoms with Gasteiger partial charge in [0.25, 0.3) is 0 Å². The van der Waals surface area contributed by atoms with Crippen LogP contribution in [0.2, 0.25) is 0 Å².